The molecule has 1 rings (SSSR count). The zero-order chi connectivity index (χ0) is 11.3. The van der Waals surface area contributed by atoms with Crippen molar-refractivity contribution in [1.82, 2.24) is 0 Å². The van der Waals surface area contributed by atoms with Crippen LogP contribution in [0.4, 0.5) is 5.69 Å². The Morgan fingerprint density at radius 2 is 2.33 bits per heavy atom. The van der Waals surface area contributed by atoms with Crippen molar-refractivity contribution < 1.29 is 0 Å². The fraction of sp³-hybridized carbons (Fsp3) is 0.250. The summed E-state index contributed by atoms with van der Waals surface area (Å²) in [4.78, 5) is 0. The van der Waals surface area contributed by atoms with Gasteiger partial charge in [-0.15, -0.1) is 12.3 Å². The van der Waals surface area contributed by atoms with Crippen molar-refractivity contribution in [3.63, 3.8) is 0 Å². The minimum Gasteiger partial charge on any atom is -0.381 e. The van der Waals surface area contributed by atoms with E-state index in [9.17, 15) is 0 Å². The molecule has 0 aliphatic rings. The summed E-state index contributed by atoms with van der Waals surface area (Å²) in [6.07, 6.45) is 5.90. The topological polar surface area (TPSA) is 35.8 Å². The van der Waals surface area contributed by atoms with Gasteiger partial charge in [0.2, 0.25) is 0 Å². The Hall–Kier alpha value is -1.45. The maximum atomic E-state index is 8.70. The third kappa shape index (κ3) is 3.31. The lowest BCUT2D eigenvalue weighted by molar-refractivity contribution is 0.828. The van der Waals surface area contributed by atoms with Crippen LogP contribution in [0.5, 0.6) is 0 Å². The third-order valence-electron chi connectivity index (χ3n) is 1.92. The lowest BCUT2D eigenvalue weighted by Gasteiger charge is -2.13. The molecule has 0 aliphatic heterocycles. The summed E-state index contributed by atoms with van der Waals surface area (Å²) in [5, 5.41) is 12.0. The monoisotopic (exact) mass is 262 g/mol. The molecule has 0 aliphatic carbocycles. The molecule has 0 fully saturated rings. The average Bonchev–Trinajstić information content (AvgIpc) is 2.21. The van der Waals surface area contributed by atoms with E-state index in [0.29, 0.717) is 12.0 Å². The molecule has 1 unspecified atom stereocenters. The number of nitriles is 1. The van der Waals surface area contributed by atoms with Gasteiger partial charge in [0.25, 0.3) is 0 Å². The van der Waals surface area contributed by atoms with Gasteiger partial charge >= 0.3 is 0 Å². The van der Waals surface area contributed by atoms with E-state index >= 15 is 0 Å². The maximum Gasteiger partial charge on any atom is 0.0992 e. The standard InChI is InChI=1S/C12H11BrN2/c1-3-4-9(2)15-12-6-5-10(8-14)7-11(12)13/h1,5-7,9,15H,4H2,2H3. The summed E-state index contributed by atoms with van der Waals surface area (Å²) >= 11 is 3.40. The number of halogens is 1. The van der Waals surface area contributed by atoms with Crippen LogP contribution in [0.3, 0.4) is 0 Å². The highest BCUT2D eigenvalue weighted by Gasteiger charge is 2.04. The molecule has 0 radical (unpaired) electrons. The van der Waals surface area contributed by atoms with Gasteiger partial charge in [-0.1, -0.05) is 0 Å². The fourth-order valence-electron chi connectivity index (χ4n) is 1.19. The number of rotatable bonds is 3. The summed E-state index contributed by atoms with van der Waals surface area (Å²) in [6.45, 7) is 2.02. The first-order valence-electron chi connectivity index (χ1n) is 4.57. The smallest absolute Gasteiger partial charge is 0.0992 e. The molecule has 1 atom stereocenters. The van der Waals surface area contributed by atoms with Crippen molar-refractivity contribution in [2.45, 2.75) is 19.4 Å². The van der Waals surface area contributed by atoms with Crippen LogP contribution in [0.15, 0.2) is 22.7 Å². The molecular formula is C12H11BrN2. The van der Waals surface area contributed by atoms with Crippen LogP contribution >= 0.6 is 15.9 Å². The number of hydrogen-bond acceptors (Lipinski definition) is 2. The molecule has 0 aromatic heterocycles. The van der Waals surface area contributed by atoms with E-state index in [2.05, 4.69) is 33.2 Å². The molecule has 0 saturated heterocycles. The van der Waals surface area contributed by atoms with Gasteiger partial charge in [0, 0.05) is 22.6 Å². The van der Waals surface area contributed by atoms with Crippen LogP contribution in [0.2, 0.25) is 0 Å². The first kappa shape index (κ1) is 11.6. The van der Waals surface area contributed by atoms with E-state index in [1.165, 1.54) is 0 Å². The van der Waals surface area contributed by atoms with Gasteiger partial charge < -0.3 is 5.32 Å². The third-order valence-corrected chi connectivity index (χ3v) is 2.58. The lowest BCUT2D eigenvalue weighted by atomic mass is 10.2. The lowest BCUT2D eigenvalue weighted by Crippen LogP contribution is -2.14. The summed E-state index contributed by atoms with van der Waals surface area (Å²) < 4.78 is 0.880. The normalized spacial score (nSPS) is 11.2. The van der Waals surface area contributed by atoms with E-state index < -0.39 is 0 Å². The summed E-state index contributed by atoms with van der Waals surface area (Å²) in [5.74, 6) is 2.60. The van der Waals surface area contributed by atoms with Crippen molar-refractivity contribution in [1.29, 1.82) is 5.26 Å². The summed E-state index contributed by atoms with van der Waals surface area (Å²) in [6, 6.07) is 7.73. The SMILES string of the molecule is C#CCC(C)Nc1ccc(C#N)cc1Br. The number of anilines is 1. The Bertz CT molecular complexity index is 426. The zero-order valence-electron chi connectivity index (χ0n) is 8.42. The van der Waals surface area contributed by atoms with Crippen LogP contribution in [-0.4, -0.2) is 6.04 Å². The molecule has 0 spiro atoms. The van der Waals surface area contributed by atoms with Gasteiger partial charge in [-0.25, -0.2) is 0 Å². The van der Waals surface area contributed by atoms with Crippen molar-refractivity contribution in [3.8, 4) is 18.4 Å². The van der Waals surface area contributed by atoms with Gasteiger partial charge in [0.1, 0.15) is 0 Å². The Labute approximate surface area is 98.4 Å². The summed E-state index contributed by atoms with van der Waals surface area (Å²) in [5.41, 5.74) is 1.59. The van der Waals surface area contributed by atoms with Crippen LogP contribution in [-0.2, 0) is 0 Å². The first-order valence-corrected chi connectivity index (χ1v) is 5.36. The Morgan fingerprint density at radius 1 is 1.60 bits per heavy atom. The van der Waals surface area contributed by atoms with Crippen molar-refractivity contribution in [3.05, 3.63) is 28.2 Å². The Balaban J connectivity index is 2.80. The summed E-state index contributed by atoms with van der Waals surface area (Å²) in [7, 11) is 0. The highest BCUT2D eigenvalue weighted by Crippen LogP contribution is 2.24. The second-order valence-electron chi connectivity index (χ2n) is 3.26. The molecule has 0 bridgehead atoms. The quantitative estimate of drug-likeness (QED) is 0.850. The number of nitrogens with one attached hydrogen (secondary N) is 1. The van der Waals surface area contributed by atoms with Gasteiger partial charge in [-0.3, -0.25) is 0 Å². The molecule has 0 heterocycles. The van der Waals surface area contributed by atoms with Crippen LogP contribution < -0.4 is 5.32 Å². The fourth-order valence-corrected chi connectivity index (χ4v) is 1.69. The first-order chi connectivity index (χ1) is 7.17. The number of benzene rings is 1. The molecule has 1 N–H and O–H groups in total. The maximum absolute atomic E-state index is 8.70. The highest BCUT2D eigenvalue weighted by atomic mass is 79.9. The average molecular weight is 263 g/mol. The molecule has 15 heavy (non-hydrogen) atoms. The predicted molar refractivity (Wildman–Crippen MR) is 65.4 cm³/mol. The van der Waals surface area contributed by atoms with Crippen molar-refractivity contribution in [2.24, 2.45) is 0 Å². The van der Waals surface area contributed by atoms with Gasteiger partial charge in [-0.05, 0) is 41.1 Å². The van der Waals surface area contributed by atoms with Gasteiger partial charge in [0.15, 0.2) is 0 Å². The second kappa shape index (κ2) is 5.44. The molecule has 1 aromatic carbocycles. The molecule has 0 saturated carbocycles. The number of hydrogen-bond donors (Lipinski definition) is 1. The van der Waals surface area contributed by atoms with Crippen LogP contribution in [0.25, 0.3) is 0 Å². The minimum atomic E-state index is 0.222. The zero-order valence-corrected chi connectivity index (χ0v) is 10.0. The van der Waals surface area contributed by atoms with E-state index in [0.717, 1.165) is 10.2 Å². The number of nitrogens with zero attached hydrogens (tertiary/aromatic N) is 1. The minimum absolute atomic E-state index is 0.222. The van der Waals surface area contributed by atoms with Crippen molar-refractivity contribution in [2.75, 3.05) is 5.32 Å². The highest BCUT2D eigenvalue weighted by molar-refractivity contribution is 9.10. The van der Waals surface area contributed by atoms with Gasteiger partial charge in [-0.2, -0.15) is 5.26 Å². The van der Waals surface area contributed by atoms with E-state index in [1.54, 1.807) is 12.1 Å². The van der Waals surface area contributed by atoms with E-state index in [1.807, 2.05) is 13.0 Å². The Kier molecular flexibility index (Phi) is 4.21. The van der Waals surface area contributed by atoms with Crippen LogP contribution in [0.1, 0.15) is 18.9 Å². The van der Waals surface area contributed by atoms with E-state index in [4.69, 9.17) is 11.7 Å². The molecule has 1 aromatic rings. The molecule has 76 valence electrons. The molecule has 3 heteroatoms. The second-order valence-corrected chi connectivity index (χ2v) is 4.11. The number of terminal acetylenes is 1. The van der Waals surface area contributed by atoms with Crippen LogP contribution in [0, 0.1) is 23.7 Å². The largest absolute Gasteiger partial charge is 0.381 e. The Morgan fingerprint density at radius 3 is 2.87 bits per heavy atom. The van der Waals surface area contributed by atoms with Gasteiger partial charge in [0.05, 0.1) is 11.6 Å². The van der Waals surface area contributed by atoms with Crippen molar-refractivity contribution >= 4 is 21.6 Å². The molecular weight excluding hydrogens is 252 g/mol. The molecule has 0 amide bonds. The predicted octanol–water partition coefficient (Wildman–Crippen LogP) is 3.14. The molecule has 2 nitrogen and oxygen atoms in total. The van der Waals surface area contributed by atoms with E-state index in [-0.39, 0.29) is 6.04 Å².